The van der Waals surface area contributed by atoms with E-state index < -0.39 is 4.92 Å². The molecule has 0 amide bonds. The zero-order chi connectivity index (χ0) is 18.8. The van der Waals surface area contributed by atoms with E-state index in [0.717, 1.165) is 10.2 Å². The summed E-state index contributed by atoms with van der Waals surface area (Å²) in [6.07, 6.45) is 1.50. The number of furan rings is 1. The molecule has 0 atom stereocenters. The van der Waals surface area contributed by atoms with Crippen LogP contribution in [0.2, 0.25) is 0 Å². The first-order valence-electron chi connectivity index (χ1n) is 7.79. The van der Waals surface area contributed by atoms with Crippen molar-refractivity contribution in [2.24, 2.45) is 5.10 Å². The molecule has 27 heavy (non-hydrogen) atoms. The summed E-state index contributed by atoms with van der Waals surface area (Å²) in [5.74, 6) is 0.867. The lowest BCUT2D eigenvalue weighted by Gasteiger charge is -2.00. The summed E-state index contributed by atoms with van der Waals surface area (Å²) < 4.78 is 7.37. The molecule has 0 radical (unpaired) electrons. The lowest BCUT2D eigenvalue weighted by Crippen LogP contribution is -1.91. The minimum absolute atomic E-state index is 0.0326. The molecule has 2 aromatic carbocycles. The Morgan fingerprint density at radius 1 is 1.22 bits per heavy atom. The summed E-state index contributed by atoms with van der Waals surface area (Å²) in [4.78, 5) is 15.2. The van der Waals surface area contributed by atoms with E-state index in [2.05, 4.69) is 31.4 Å². The van der Waals surface area contributed by atoms with Crippen molar-refractivity contribution < 1.29 is 9.34 Å². The maximum atomic E-state index is 11.3. The lowest BCUT2D eigenvalue weighted by atomic mass is 10.1. The van der Waals surface area contributed by atoms with Gasteiger partial charge in [0.05, 0.1) is 26.9 Å². The van der Waals surface area contributed by atoms with Crippen LogP contribution in [0, 0.1) is 10.1 Å². The second-order valence-corrected chi connectivity index (χ2v) is 7.42. The van der Waals surface area contributed by atoms with Crippen molar-refractivity contribution in [3.8, 4) is 11.3 Å². The quantitative estimate of drug-likeness (QED) is 0.244. The largest absolute Gasteiger partial charge is 0.455 e. The number of halogens is 1. The number of nitro benzene ring substituents is 1. The number of nitrogens with zero attached hydrogens (tertiary/aromatic N) is 3. The van der Waals surface area contributed by atoms with Crippen LogP contribution in [0.25, 0.3) is 21.5 Å². The maximum Gasteiger partial charge on any atom is 0.281 e. The summed E-state index contributed by atoms with van der Waals surface area (Å²) in [6.45, 7) is 0. The number of nitrogens with one attached hydrogen (secondary N) is 1. The minimum atomic E-state index is -0.439. The summed E-state index contributed by atoms with van der Waals surface area (Å²) in [5, 5.41) is 16.1. The van der Waals surface area contributed by atoms with Gasteiger partial charge in [-0.2, -0.15) is 5.10 Å². The third-order valence-corrected chi connectivity index (χ3v) is 5.13. The summed E-state index contributed by atoms with van der Waals surface area (Å²) in [6, 6.07) is 16.0. The smallest absolute Gasteiger partial charge is 0.281 e. The Labute approximate surface area is 165 Å². The third-order valence-electron chi connectivity index (χ3n) is 3.69. The number of rotatable bonds is 5. The van der Waals surface area contributed by atoms with Crippen LogP contribution in [-0.2, 0) is 0 Å². The fraction of sp³-hybridized carbons (Fsp3) is 0. The number of nitro groups is 1. The molecule has 4 rings (SSSR count). The fourth-order valence-electron chi connectivity index (χ4n) is 2.50. The van der Waals surface area contributed by atoms with E-state index in [0.29, 0.717) is 26.7 Å². The van der Waals surface area contributed by atoms with Crippen LogP contribution in [0.15, 0.2) is 68.6 Å². The van der Waals surface area contributed by atoms with Crippen LogP contribution in [0.3, 0.4) is 0 Å². The predicted octanol–water partition coefficient (Wildman–Crippen LogP) is 5.67. The molecule has 0 saturated heterocycles. The minimum Gasteiger partial charge on any atom is -0.455 e. The summed E-state index contributed by atoms with van der Waals surface area (Å²) in [5.41, 5.74) is 4.15. The van der Waals surface area contributed by atoms with E-state index in [4.69, 9.17) is 4.42 Å². The summed E-state index contributed by atoms with van der Waals surface area (Å²) >= 11 is 4.74. The summed E-state index contributed by atoms with van der Waals surface area (Å²) in [7, 11) is 0. The van der Waals surface area contributed by atoms with Crippen molar-refractivity contribution in [2.75, 3.05) is 5.43 Å². The van der Waals surface area contributed by atoms with E-state index in [1.54, 1.807) is 24.3 Å². The van der Waals surface area contributed by atoms with Gasteiger partial charge in [-0.1, -0.05) is 39.4 Å². The molecule has 7 nitrogen and oxygen atoms in total. The Bertz CT molecular complexity index is 1140. The van der Waals surface area contributed by atoms with Gasteiger partial charge in [-0.05, 0) is 36.4 Å². The standard InChI is InChI=1S/C18H11BrN4O3S/c19-11-5-7-13(15(9-11)23(24)25)16-8-6-12(26-16)10-20-22-18-21-14-3-1-2-4-17(14)27-18/h1-10H,(H,21,22)/b20-10+. The monoisotopic (exact) mass is 442 g/mol. The first-order chi connectivity index (χ1) is 13.1. The van der Waals surface area contributed by atoms with Crippen molar-refractivity contribution in [3.63, 3.8) is 0 Å². The van der Waals surface area contributed by atoms with Gasteiger partial charge in [-0.15, -0.1) is 0 Å². The first kappa shape index (κ1) is 17.4. The topological polar surface area (TPSA) is 93.6 Å². The molecule has 4 aromatic rings. The number of anilines is 1. The van der Waals surface area contributed by atoms with Crippen molar-refractivity contribution >= 4 is 54.5 Å². The highest BCUT2D eigenvalue weighted by Crippen LogP contribution is 2.33. The normalized spacial score (nSPS) is 11.3. The van der Waals surface area contributed by atoms with Gasteiger partial charge in [-0.3, -0.25) is 15.5 Å². The van der Waals surface area contributed by atoms with Gasteiger partial charge in [-0.25, -0.2) is 4.98 Å². The second kappa shape index (κ2) is 7.29. The van der Waals surface area contributed by atoms with Gasteiger partial charge >= 0.3 is 0 Å². The van der Waals surface area contributed by atoms with Gasteiger partial charge in [0.25, 0.3) is 5.69 Å². The Balaban J connectivity index is 1.53. The SMILES string of the molecule is O=[N+]([O-])c1cc(Br)ccc1-c1ccc(/C=N/Nc2nc3ccccc3s2)o1. The highest BCUT2D eigenvalue weighted by Gasteiger charge is 2.18. The van der Waals surface area contributed by atoms with Crippen molar-refractivity contribution in [1.82, 2.24) is 4.98 Å². The molecular weight excluding hydrogens is 432 g/mol. The number of aromatic nitrogens is 1. The Hall–Kier alpha value is -3.04. The molecular formula is C18H11BrN4O3S. The molecule has 1 N–H and O–H groups in total. The van der Waals surface area contributed by atoms with Crippen molar-refractivity contribution in [1.29, 1.82) is 0 Å². The van der Waals surface area contributed by atoms with E-state index in [1.165, 1.54) is 23.6 Å². The molecule has 9 heteroatoms. The maximum absolute atomic E-state index is 11.3. The molecule has 0 aliphatic heterocycles. The average molecular weight is 443 g/mol. The van der Waals surface area contributed by atoms with Gasteiger partial charge in [0.1, 0.15) is 11.5 Å². The zero-order valence-corrected chi connectivity index (χ0v) is 16.0. The molecule has 0 fully saturated rings. The molecule has 2 aromatic heterocycles. The Morgan fingerprint density at radius 3 is 2.89 bits per heavy atom. The van der Waals surface area contributed by atoms with Crippen LogP contribution < -0.4 is 5.43 Å². The van der Waals surface area contributed by atoms with E-state index in [9.17, 15) is 10.1 Å². The molecule has 0 aliphatic rings. The number of hydrogen-bond acceptors (Lipinski definition) is 7. The van der Waals surface area contributed by atoms with E-state index in [-0.39, 0.29) is 5.69 Å². The van der Waals surface area contributed by atoms with Crippen molar-refractivity contribution in [3.05, 3.63) is 74.9 Å². The Kier molecular flexibility index (Phi) is 4.69. The molecule has 2 heterocycles. The van der Waals surface area contributed by atoms with Gasteiger partial charge in [0.2, 0.25) is 5.13 Å². The zero-order valence-electron chi connectivity index (χ0n) is 13.6. The number of para-hydroxylation sites is 1. The van der Waals surface area contributed by atoms with E-state index in [1.807, 2.05) is 24.3 Å². The number of benzene rings is 2. The van der Waals surface area contributed by atoms with Gasteiger partial charge < -0.3 is 4.42 Å². The van der Waals surface area contributed by atoms with Crippen LogP contribution in [0.1, 0.15) is 5.76 Å². The first-order valence-corrected chi connectivity index (χ1v) is 9.40. The predicted molar refractivity (Wildman–Crippen MR) is 109 cm³/mol. The fourth-order valence-corrected chi connectivity index (χ4v) is 3.67. The number of fused-ring (bicyclic) bond motifs is 1. The number of thiazole rings is 1. The lowest BCUT2D eigenvalue weighted by molar-refractivity contribution is -0.384. The van der Waals surface area contributed by atoms with Crippen LogP contribution in [0.4, 0.5) is 10.8 Å². The number of hydrazone groups is 1. The van der Waals surface area contributed by atoms with Crippen LogP contribution >= 0.6 is 27.3 Å². The highest BCUT2D eigenvalue weighted by atomic mass is 79.9. The van der Waals surface area contributed by atoms with E-state index >= 15 is 0 Å². The molecule has 134 valence electrons. The molecule has 0 unspecified atom stereocenters. The molecule has 0 saturated carbocycles. The highest BCUT2D eigenvalue weighted by molar-refractivity contribution is 9.10. The number of hydrogen-bond donors (Lipinski definition) is 1. The molecule has 0 aliphatic carbocycles. The third kappa shape index (κ3) is 3.74. The van der Waals surface area contributed by atoms with Crippen molar-refractivity contribution in [2.45, 2.75) is 0 Å². The van der Waals surface area contributed by atoms with Crippen LogP contribution in [-0.4, -0.2) is 16.1 Å². The van der Waals surface area contributed by atoms with Crippen LogP contribution in [0.5, 0.6) is 0 Å². The van der Waals surface area contributed by atoms with Gasteiger partial charge in [0, 0.05) is 10.5 Å². The average Bonchev–Trinajstić information content (AvgIpc) is 3.28. The van der Waals surface area contributed by atoms with Gasteiger partial charge in [0.15, 0.2) is 0 Å². The Morgan fingerprint density at radius 2 is 2.07 bits per heavy atom. The molecule has 0 spiro atoms. The second-order valence-electron chi connectivity index (χ2n) is 5.48. The molecule has 0 bridgehead atoms.